The molecule has 0 aliphatic carbocycles. The van der Waals surface area contributed by atoms with Crippen LogP contribution in [0.3, 0.4) is 0 Å². The van der Waals surface area contributed by atoms with Crippen LogP contribution in [-0.4, -0.2) is 38.2 Å². The normalized spacial score (nSPS) is 19.7. The molecule has 0 bridgehead atoms. The maximum Gasteiger partial charge on any atom is 0.349 e. The molecule has 7 heteroatoms. The number of hydrogen-bond acceptors (Lipinski definition) is 4. The quantitative estimate of drug-likeness (QED) is 0.618. The SMILES string of the molecule is C=CCOC1=NC(C)=NS(=O)(=O)N1C. The minimum atomic E-state index is -3.66. The van der Waals surface area contributed by atoms with Gasteiger partial charge in [-0.15, -0.1) is 4.40 Å². The Kier molecular flexibility index (Phi) is 2.90. The molecular weight excluding hydrogens is 206 g/mol. The van der Waals surface area contributed by atoms with Gasteiger partial charge in [0.2, 0.25) is 0 Å². The first-order valence-electron chi connectivity index (χ1n) is 3.85. The van der Waals surface area contributed by atoms with Gasteiger partial charge in [-0.25, -0.2) is 4.31 Å². The predicted octanol–water partition coefficient (Wildman–Crippen LogP) is 0.154. The minimum absolute atomic E-state index is 0.0115. The zero-order chi connectivity index (χ0) is 10.8. The zero-order valence-electron chi connectivity index (χ0n) is 7.97. The molecule has 0 saturated carbocycles. The molecule has 14 heavy (non-hydrogen) atoms. The van der Waals surface area contributed by atoms with Gasteiger partial charge in [0, 0.05) is 7.05 Å². The first-order chi connectivity index (χ1) is 6.47. The van der Waals surface area contributed by atoms with E-state index in [9.17, 15) is 8.42 Å². The summed E-state index contributed by atoms with van der Waals surface area (Å²) in [5, 5.41) is 0. The lowest BCUT2D eigenvalue weighted by molar-refractivity contribution is 0.310. The van der Waals surface area contributed by atoms with Crippen molar-refractivity contribution in [3.8, 4) is 0 Å². The average molecular weight is 217 g/mol. The highest BCUT2D eigenvalue weighted by Gasteiger charge is 2.26. The van der Waals surface area contributed by atoms with Crippen molar-refractivity contribution in [1.82, 2.24) is 4.31 Å². The molecule has 0 radical (unpaired) electrons. The Balaban J connectivity index is 2.96. The van der Waals surface area contributed by atoms with Crippen LogP contribution < -0.4 is 0 Å². The van der Waals surface area contributed by atoms with Crippen LogP contribution in [-0.2, 0) is 14.9 Å². The van der Waals surface area contributed by atoms with Crippen LogP contribution >= 0.6 is 0 Å². The Morgan fingerprint density at radius 1 is 1.64 bits per heavy atom. The van der Waals surface area contributed by atoms with Gasteiger partial charge in [0.05, 0.1) is 0 Å². The van der Waals surface area contributed by atoms with E-state index in [1.807, 2.05) is 0 Å². The Hall–Kier alpha value is -1.37. The van der Waals surface area contributed by atoms with Gasteiger partial charge in [0.15, 0.2) is 0 Å². The summed E-state index contributed by atoms with van der Waals surface area (Å²) in [5.41, 5.74) is 0. The van der Waals surface area contributed by atoms with Crippen LogP contribution in [0.15, 0.2) is 22.0 Å². The summed E-state index contributed by atoms with van der Waals surface area (Å²) in [5.74, 6) is 0.155. The molecule has 0 N–H and O–H groups in total. The number of ether oxygens (including phenoxy) is 1. The lowest BCUT2D eigenvalue weighted by Crippen LogP contribution is -2.37. The van der Waals surface area contributed by atoms with E-state index in [0.717, 1.165) is 4.31 Å². The number of aliphatic imine (C=N–C) groups is 1. The molecule has 0 aromatic heterocycles. The van der Waals surface area contributed by atoms with E-state index in [2.05, 4.69) is 16.0 Å². The number of nitrogens with zero attached hydrogens (tertiary/aromatic N) is 3. The highest BCUT2D eigenvalue weighted by Crippen LogP contribution is 2.09. The summed E-state index contributed by atoms with van der Waals surface area (Å²) in [6.45, 7) is 5.14. The van der Waals surface area contributed by atoms with Crippen molar-refractivity contribution in [3.63, 3.8) is 0 Å². The standard InChI is InChI=1S/C7H11N3O3S/c1-4-5-13-7-8-6(2)9-14(11,12)10(7)3/h4H,1,5H2,2-3H3. The minimum Gasteiger partial charge on any atom is -0.460 e. The molecule has 1 heterocycles. The van der Waals surface area contributed by atoms with Gasteiger partial charge in [-0.1, -0.05) is 12.7 Å². The van der Waals surface area contributed by atoms with Gasteiger partial charge in [-0.2, -0.15) is 13.4 Å². The third-order valence-electron chi connectivity index (χ3n) is 1.45. The van der Waals surface area contributed by atoms with Crippen molar-refractivity contribution >= 4 is 22.1 Å². The molecule has 0 aromatic rings. The third-order valence-corrected chi connectivity index (χ3v) is 2.79. The fourth-order valence-corrected chi connectivity index (χ4v) is 1.60. The Labute approximate surface area is 82.8 Å². The van der Waals surface area contributed by atoms with Gasteiger partial charge in [0.25, 0.3) is 0 Å². The molecule has 1 rings (SSSR count). The van der Waals surface area contributed by atoms with E-state index in [-0.39, 0.29) is 18.5 Å². The van der Waals surface area contributed by atoms with Crippen LogP contribution in [0.4, 0.5) is 0 Å². The van der Waals surface area contributed by atoms with Crippen molar-refractivity contribution in [2.24, 2.45) is 9.39 Å². The highest BCUT2D eigenvalue weighted by atomic mass is 32.2. The summed E-state index contributed by atoms with van der Waals surface area (Å²) < 4.78 is 31.9. The van der Waals surface area contributed by atoms with E-state index in [4.69, 9.17) is 4.74 Å². The van der Waals surface area contributed by atoms with Gasteiger partial charge >= 0.3 is 16.2 Å². The molecule has 0 amide bonds. The Morgan fingerprint density at radius 2 is 2.29 bits per heavy atom. The molecule has 0 atom stereocenters. The molecule has 1 aliphatic heterocycles. The third kappa shape index (κ3) is 2.11. The van der Waals surface area contributed by atoms with Crippen LogP contribution in [0.1, 0.15) is 6.92 Å². The second-order valence-electron chi connectivity index (χ2n) is 2.58. The van der Waals surface area contributed by atoms with Crippen LogP contribution in [0, 0.1) is 0 Å². The molecular formula is C7H11N3O3S. The first-order valence-corrected chi connectivity index (χ1v) is 5.25. The molecule has 1 aliphatic rings. The van der Waals surface area contributed by atoms with Crippen LogP contribution in [0.5, 0.6) is 0 Å². The summed E-state index contributed by atoms with van der Waals surface area (Å²) in [7, 11) is -2.33. The van der Waals surface area contributed by atoms with Crippen molar-refractivity contribution < 1.29 is 13.2 Å². The van der Waals surface area contributed by atoms with Gasteiger partial charge in [-0.05, 0) is 6.92 Å². The zero-order valence-corrected chi connectivity index (χ0v) is 8.78. The van der Waals surface area contributed by atoms with E-state index < -0.39 is 10.2 Å². The second kappa shape index (κ2) is 3.79. The van der Waals surface area contributed by atoms with Crippen molar-refractivity contribution in [2.75, 3.05) is 13.7 Å². The number of amidine groups is 2. The van der Waals surface area contributed by atoms with E-state index >= 15 is 0 Å². The maximum absolute atomic E-state index is 11.3. The maximum atomic E-state index is 11.3. The molecule has 0 spiro atoms. The van der Waals surface area contributed by atoms with Crippen molar-refractivity contribution in [1.29, 1.82) is 0 Å². The van der Waals surface area contributed by atoms with E-state index in [1.54, 1.807) is 0 Å². The molecule has 0 unspecified atom stereocenters. The summed E-state index contributed by atoms with van der Waals surface area (Å²) in [4.78, 5) is 3.84. The van der Waals surface area contributed by atoms with Gasteiger partial charge < -0.3 is 4.74 Å². The van der Waals surface area contributed by atoms with E-state index in [0.29, 0.717) is 0 Å². The predicted molar refractivity (Wildman–Crippen MR) is 53.4 cm³/mol. The topological polar surface area (TPSA) is 71.3 Å². The molecule has 0 fully saturated rings. The lowest BCUT2D eigenvalue weighted by Gasteiger charge is -2.20. The smallest absolute Gasteiger partial charge is 0.349 e. The first kappa shape index (κ1) is 10.7. The van der Waals surface area contributed by atoms with Crippen molar-refractivity contribution in [2.45, 2.75) is 6.92 Å². The van der Waals surface area contributed by atoms with Crippen LogP contribution in [0.25, 0.3) is 0 Å². The second-order valence-corrected chi connectivity index (χ2v) is 4.20. The van der Waals surface area contributed by atoms with Crippen molar-refractivity contribution in [3.05, 3.63) is 12.7 Å². The monoisotopic (exact) mass is 217 g/mol. The summed E-state index contributed by atoms with van der Waals surface area (Å²) in [6.07, 6.45) is 1.50. The molecule has 0 aromatic carbocycles. The van der Waals surface area contributed by atoms with Crippen LogP contribution in [0.2, 0.25) is 0 Å². The van der Waals surface area contributed by atoms with Gasteiger partial charge in [-0.3, -0.25) is 0 Å². The average Bonchev–Trinajstić information content (AvgIpc) is 2.08. The molecule has 0 saturated heterocycles. The largest absolute Gasteiger partial charge is 0.460 e. The Morgan fingerprint density at radius 3 is 2.86 bits per heavy atom. The van der Waals surface area contributed by atoms with E-state index in [1.165, 1.54) is 20.0 Å². The number of hydrogen-bond donors (Lipinski definition) is 0. The number of rotatable bonds is 2. The fraction of sp³-hybridized carbons (Fsp3) is 0.429. The highest BCUT2D eigenvalue weighted by molar-refractivity contribution is 7.88. The fourth-order valence-electron chi connectivity index (χ4n) is 0.813. The summed E-state index contributed by atoms with van der Waals surface area (Å²) in [6, 6.07) is 0.0115. The Bertz CT molecular complexity index is 396. The van der Waals surface area contributed by atoms with Gasteiger partial charge in [0.1, 0.15) is 12.4 Å². The molecule has 78 valence electrons. The summed E-state index contributed by atoms with van der Waals surface area (Å²) >= 11 is 0. The molecule has 6 nitrogen and oxygen atoms in total. The lowest BCUT2D eigenvalue weighted by atomic mass is 10.7.